The summed E-state index contributed by atoms with van der Waals surface area (Å²) in [6.07, 6.45) is -1.15. The molecule has 1 N–H and O–H groups in total. The molecule has 0 aliphatic rings. The molecule has 2 rings (SSSR count). The lowest BCUT2D eigenvalue weighted by Crippen LogP contribution is -2.34. The average molecular weight is 409 g/mol. The van der Waals surface area contributed by atoms with Crippen LogP contribution in [-0.2, 0) is 9.53 Å². The topological polar surface area (TPSA) is 116 Å². The number of nitrogens with zero attached hydrogens (tertiary/aromatic N) is 1. The fourth-order valence-electron chi connectivity index (χ4n) is 2.19. The van der Waals surface area contributed by atoms with Crippen molar-refractivity contribution in [2.75, 3.05) is 6.54 Å². The van der Waals surface area contributed by atoms with Crippen molar-refractivity contribution >= 4 is 34.9 Å². The van der Waals surface area contributed by atoms with Crippen LogP contribution in [0.4, 0.5) is 10.1 Å². The molecule has 0 radical (unpaired) electrons. The molecule has 8 nitrogen and oxygen atoms in total. The first-order valence-electron chi connectivity index (χ1n) is 7.90. The van der Waals surface area contributed by atoms with Gasteiger partial charge in [0.15, 0.2) is 6.10 Å². The second-order valence-corrected chi connectivity index (χ2v) is 6.02. The van der Waals surface area contributed by atoms with Gasteiger partial charge in [-0.15, -0.1) is 0 Å². The first-order valence-corrected chi connectivity index (χ1v) is 8.28. The minimum atomic E-state index is -1.15. The largest absolute Gasteiger partial charge is 0.453 e. The predicted molar refractivity (Wildman–Crippen MR) is 96.7 cm³/mol. The van der Waals surface area contributed by atoms with Gasteiger partial charge in [0.05, 0.1) is 4.92 Å². The lowest BCUT2D eigenvalue weighted by molar-refractivity contribution is -0.384. The molecule has 146 valence electrons. The van der Waals surface area contributed by atoms with Crippen LogP contribution in [0.15, 0.2) is 42.5 Å². The number of ketones is 1. The monoisotopic (exact) mass is 408 g/mol. The molecule has 0 saturated carbocycles. The minimum Gasteiger partial charge on any atom is -0.453 e. The normalized spacial score (nSPS) is 11.4. The Bertz CT molecular complexity index is 932. The standard InChI is InChI=1S/C18H14ClFN2O6/c1-10(17(24)11-2-5-13(20)6-3-11)28-16(23)9-21-18(25)12-4-7-14(19)15(8-12)22(26)27/h2-8,10H,9H2,1H3,(H,21,25)/t10-/m1/s1. The van der Waals surface area contributed by atoms with Crippen molar-refractivity contribution in [2.24, 2.45) is 0 Å². The third kappa shape index (κ3) is 5.34. The maximum atomic E-state index is 12.9. The molecule has 0 saturated heterocycles. The number of ether oxygens (including phenoxy) is 1. The molecule has 0 heterocycles. The number of carbonyl (C=O) groups excluding carboxylic acids is 3. The number of halogens is 2. The van der Waals surface area contributed by atoms with E-state index in [2.05, 4.69) is 5.32 Å². The summed E-state index contributed by atoms with van der Waals surface area (Å²) < 4.78 is 17.8. The second-order valence-electron chi connectivity index (χ2n) is 5.61. The van der Waals surface area contributed by atoms with Crippen LogP contribution in [0, 0.1) is 15.9 Å². The van der Waals surface area contributed by atoms with Crippen molar-refractivity contribution in [3.8, 4) is 0 Å². The van der Waals surface area contributed by atoms with Gasteiger partial charge in [-0.1, -0.05) is 11.6 Å². The quantitative estimate of drug-likeness (QED) is 0.326. The molecule has 0 aromatic heterocycles. The van der Waals surface area contributed by atoms with Crippen LogP contribution in [0.1, 0.15) is 27.6 Å². The molecule has 1 atom stereocenters. The van der Waals surface area contributed by atoms with Gasteiger partial charge in [0.1, 0.15) is 17.4 Å². The first kappa shape index (κ1) is 21.0. The van der Waals surface area contributed by atoms with Crippen molar-refractivity contribution < 1.29 is 28.4 Å². The summed E-state index contributed by atoms with van der Waals surface area (Å²) in [5.74, 6) is -2.69. The first-order chi connectivity index (χ1) is 13.2. The SMILES string of the molecule is C[C@@H](OC(=O)CNC(=O)c1ccc(Cl)c([N+](=O)[O-])c1)C(=O)c1ccc(F)cc1. The number of hydrogen-bond donors (Lipinski definition) is 1. The van der Waals surface area contributed by atoms with E-state index < -0.39 is 46.7 Å². The number of esters is 1. The lowest BCUT2D eigenvalue weighted by atomic mass is 10.1. The Balaban J connectivity index is 1.92. The summed E-state index contributed by atoms with van der Waals surface area (Å²) in [5.41, 5.74) is -0.353. The van der Waals surface area contributed by atoms with Crippen LogP contribution >= 0.6 is 11.6 Å². The smallest absolute Gasteiger partial charge is 0.326 e. The molecular weight excluding hydrogens is 395 g/mol. The van der Waals surface area contributed by atoms with Gasteiger partial charge >= 0.3 is 5.97 Å². The van der Waals surface area contributed by atoms with E-state index in [9.17, 15) is 28.9 Å². The zero-order chi connectivity index (χ0) is 20.8. The van der Waals surface area contributed by atoms with Crippen molar-refractivity contribution in [1.29, 1.82) is 0 Å². The van der Waals surface area contributed by atoms with Gasteiger partial charge in [-0.3, -0.25) is 24.5 Å². The Morgan fingerprint density at radius 2 is 1.79 bits per heavy atom. The van der Waals surface area contributed by atoms with E-state index >= 15 is 0 Å². The van der Waals surface area contributed by atoms with E-state index in [-0.39, 0.29) is 16.1 Å². The Morgan fingerprint density at radius 1 is 1.18 bits per heavy atom. The molecular formula is C18H14ClFN2O6. The van der Waals surface area contributed by atoms with Crippen molar-refractivity contribution in [2.45, 2.75) is 13.0 Å². The molecule has 0 aliphatic heterocycles. The Hall–Kier alpha value is -3.33. The maximum Gasteiger partial charge on any atom is 0.326 e. The van der Waals surface area contributed by atoms with Crippen molar-refractivity contribution in [1.82, 2.24) is 5.32 Å². The second kappa shape index (κ2) is 9.05. The van der Waals surface area contributed by atoms with Crippen LogP contribution in [-0.4, -0.2) is 35.2 Å². The van der Waals surface area contributed by atoms with Crippen LogP contribution < -0.4 is 5.32 Å². The Labute approximate surface area is 163 Å². The molecule has 28 heavy (non-hydrogen) atoms. The van der Waals surface area contributed by atoms with Crippen LogP contribution in [0.25, 0.3) is 0 Å². The third-order valence-corrected chi connectivity index (χ3v) is 3.92. The molecule has 2 aromatic carbocycles. The summed E-state index contributed by atoms with van der Waals surface area (Å²) in [5, 5.41) is 13.0. The van der Waals surface area contributed by atoms with Crippen LogP contribution in [0.5, 0.6) is 0 Å². The number of carbonyl (C=O) groups is 3. The number of Topliss-reactive ketones (excluding diaryl/α,β-unsaturated/α-hetero) is 1. The van der Waals surface area contributed by atoms with E-state index in [0.29, 0.717) is 0 Å². The minimum absolute atomic E-state index is 0.0701. The molecule has 2 aromatic rings. The number of hydrogen-bond acceptors (Lipinski definition) is 6. The number of nitrogens with one attached hydrogen (secondary N) is 1. The van der Waals surface area contributed by atoms with Crippen molar-refractivity contribution in [3.63, 3.8) is 0 Å². The summed E-state index contributed by atoms with van der Waals surface area (Å²) in [6, 6.07) is 8.16. The zero-order valence-corrected chi connectivity index (χ0v) is 15.2. The summed E-state index contributed by atoms with van der Waals surface area (Å²) >= 11 is 5.67. The van der Waals surface area contributed by atoms with E-state index in [1.807, 2.05) is 0 Å². The number of benzene rings is 2. The van der Waals surface area contributed by atoms with E-state index in [1.165, 1.54) is 31.2 Å². The van der Waals surface area contributed by atoms with E-state index in [1.54, 1.807) is 0 Å². The lowest BCUT2D eigenvalue weighted by Gasteiger charge is -2.13. The number of rotatable bonds is 7. The summed E-state index contributed by atoms with van der Waals surface area (Å²) in [6.45, 7) is 0.782. The number of nitro benzene ring substituents is 1. The van der Waals surface area contributed by atoms with Crippen molar-refractivity contribution in [3.05, 3.63) is 74.5 Å². The molecule has 0 aliphatic carbocycles. The molecule has 10 heteroatoms. The number of nitro groups is 1. The predicted octanol–water partition coefficient (Wildman–Crippen LogP) is 2.93. The van der Waals surface area contributed by atoms with Crippen LogP contribution in [0.2, 0.25) is 5.02 Å². The van der Waals surface area contributed by atoms with Crippen LogP contribution in [0.3, 0.4) is 0 Å². The Kier molecular flexibility index (Phi) is 6.78. The van der Waals surface area contributed by atoms with Gasteiger partial charge in [-0.25, -0.2) is 4.39 Å². The molecule has 0 spiro atoms. The highest BCUT2D eigenvalue weighted by Crippen LogP contribution is 2.24. The van der Waals surface area contributed by atoms with Gasteiger partial charge in [0.25, 0.3) is 11.6 Å². The fraction of sp³-hybridized carbons (Fsp3) is 0.167. The van der Waals surface area contributed by atoms with Gasteiger partial charge in [0, 0.05) is 17.2 Å². The van der Waals surface area contributed by atoms with Gasteiger partial charge in [-0.05, 0) is 43.3 Å². The van der Waals surface area contributed by atoms with Gasteiger partial charge in [0.2, 0.25) is 5.78 Å². The number of amides is 1. The molecule has 0 fully saturated rings. The highest BCUT2D eigenvalue weighted by atomic mass is 35.5. The van der Waals surface area contributed by atoms with Gasteiger partial charge < -0.3 is 10.1 Å². The molecule has 0 bridgehead atoms. The summed E-state index contributed by atoms with van der Waals surface area (Å²) in [7, 11) is 0. The highest BCUT2D eigenvalue weighted by molar-refractivity contribution is 6.32. The van der Waals surface area contributed by atoms with E-state index in [4.69, 9.17) is 16.3 Å². The Morgan fingerprint density at radius 3 is 2.39 bits per heavy atom. The highest BCUT2D eigenvalue weighted by Gasteiger charge is 2.21. The molecule has 1 amide bonds. The summed E-state index contributed by atoms with van der Waals surface area (Å²) in [4.78, 5) is 46.1. The zero-order valence-electron chi connectivity index (χ0n) is 14.5. The fourth-order valence-corrected chi connectivity index (χ4v) is 2.38. The third-order valence-electron chi connectivity index (χ3n) is 3.60. The van der Waals surface area contributed by atoms with Gasteiger partial charge in [-0.2, -0.15) is 0 Å². The molecule has 0 unspecified atom stereocenters. The maximum absolute atomic E-state index is 12.9. The average Bonchev–Trinajstić information content (AvgIpc) is 2.66. The van der Waals surface area contributed by atoms with E-state index in [0.717, 1.165) is 18.2 Å².